The predicted octanol–water partition coefficient (Wildman–Crippen LogP) is 4.01. The SMILES string of the molecule is CNC(=O)c1c(-c2ccc(F)cc2)oc2cc3c(cc12)[C@H](C)O[C@H](CNC(=O)O[C@H]1CCOC1)CN3C. The normalized spacial score (nSPS) is 21.4. The van der Waals surface area contributed by atoms with E-state index in [4.69, 9.17) is 18.6 Å². The molecule has 10 heteroatoms. The van der Waals surface area contributed by atoms with Crippen LogP contribution in [-0.2, 0) is 14.2 Å². The lowest BCUT2D eigenvalue weighted by Crippen LogP contribution is -2.40. The summed E-state index contributed by atoms with van der Waals surface area (Å²) in [7, 11) is 3.50. The van der Waals surface area contributed by atoms with Crippen LogP contribution in [0.4, 0.5) is 14.9 Å². The summed E-state index contributed by atoms with van der Waals surface area (Å²) >= 11 is 0. The lowest BCUT2D eigenvalue weighted by atomic mass is 10.00. The summed E-state index contributed by atoms with van der Waals surface area (Å²) < 4.78 is 36.6. The van der Waals surface area contributed by atoms with Crippen LogP contribution in [0.3, 0.4) is 0 Å². The van der Waals surface area contributed by atoms with E-state index in [1.165, 1.54) is 12.1 Å². The molecule has 1 fully saturated rings. The highest BCUT2D eigenvalue weighted by Gasteiger charge is 2.30. The van der Waals surface area contributed by atoms with E-state index < -0.39 is 6.09 Å². The molecule has 2 aliphatic rings. The number of fused-ring (bicyclic) bond motifs is 2. The highest BCUT2D eigenvalue weighted by atomic mass is 19.1. The molecule has 0 saturated carbocycles. The maximum absolute atomic E-state index is 13.5. The van der Waals surface area contributed by atoms with Crippen molar-refractivity contribution in [1.82, 2.24) is 10.6 Å². The van der Waals surface area contributed by atoms with Gasteiger partial charge in [-0.05, 0) is 37.3 Å². The van der Waals surface area contributed by atoms with Crippen LogP contribution >= 0.6 is 0 Å². The number of alkyl carbamates (subject to hydrolysis) is 1. The molecule has 1 aromatic heterocycles. The Morgan fingerprint density at radius 3 is 2.70 bits per heavy atom. The molecule has 5 rings (SSSR count). The number of nitrogens with one attached hydrogen (secondary N) is 2. The zero-order valence-corrected chi connectivity index (χ0v) is 21.0. The predicted molar refractivity (Wildman–Crippen MR) is 135 cm³/mol. The largest absolute Gasteiger partial charge is 0.455 e. The Labute approximate surface area is 213 Å². The molecule has 3 heterocycles. The molecule has 196 valence electrons. The number of amides is 2. The van der Waals surface area contributed by atoms with Gasteiger partial charge in [0.1, 0.15) is 23.3 Å². The van der Waals surface area contributed by atoms with E-state index in [9.17, 15) is 14.0 Å². The summed E-state index contributed by atoms with van der Waals surface area (Å²) in [5.41, 5.74) is 3.31. The Hall–Kier alpha value is -3.63. The van der Waals surface area contributed by atoms with Gasteiger partial charge >= 0.3 is 6.09 Å². The van der Waals surface area contributed by atoms with Crippen molar-refractivity contribution in [2.75, 3.05) is 45.3 Å². The fraction of sp³-hybridized carbons (Fsp3) is 0.407. The van der Waals surface area contributed by atoms with E-state index in [1.807, 2.05) is 31.0 Å². The Balaban J connectivity index is 1.42. The first kappa shape index (κ1) is 25.0. The number of benzene rings is 2. The maximum atomic E-state index is 13.5. The standard InChI is InChI=1S/C27H30FN3O6/c1-15-20-10-21-23(37-25(24(21)26(32)29-2)16-4-6-17(28)7-5-16)11-22(20)31(3)13-19(35-15)12-30-27(33)36-18-8-9-34-14-18/h4-7,10-11,15,18-19H,8-9,12-14H2,1-3H3,(H,29,32)(H,30,33)/t15-,18-,19+/m0/s1. The number of carbonyl (C=O) groups excluding carboxylic acids is 2. The third kappa shape index (κ3) is 5.12. The first-order valence-corrected chi connectivity index (χ1v) is 12.3. The number of likely N-dealkylation sites (N-methyl/N-ethyl adjacent to an activating group) is 1. The highest BCUT2D eigenvalue weighted by molar-refractivity contribution is 6.11. The molecule has 0 spiro atoms. The molecule has 2 aromatic carbocycles. The van der Waals surface area contributed by atoms with Crippen molar-refractivity contribution in [2.45, 2.75) is 31.7 Å². The quantitative estimate of drug-likeness (QED) is 0.534. The molecule has 0 radical (unpaired) electrons. The number of hydrogen-bond donors (Lipinski definition) is 2. The van der Waals surface area contributed by atoms with Crippen LogP contribution in [0.1, 0.15) is 35.4 Å². The van der Waals surface area contributed by atoms with Crippen LogP contribution in [0.15, 0.2) is 40.8 Å². The van der Waals surface area contributed by atoms with Gasteiger partial charge in [0.05, 0.1) is 31.0 Å². The van der Waals surface area contributed by atoms with Crippen molar-refractivity contribution in [3.05, 3.63) is 53.3 Å². The summed E-state index contributed by atoms with van der Waals surface area (Å²) in [5, 5.41) is 6.12. The third-order valence-corrected chi connectivity index (χ3v) is 6.76. The fourth-order valence-corrected chi connectivity index (χ4v) is 4.88. The second-order valence-corrected chi connectivity index (χ2v) is 9.35. The summed E-state index contributed by atoms with van der Waals surface area (Å²) in [6.07, 6.45) is -0.621. The van der Waals surface area contributed by atoms with Gasteiger partial charge < -0.3 is 34.2 Å². The van der Waals surface area contributed by atoms with E-state index in [0.717, 1.165) is 11.3 Å². The van der Waals surface area contributed by atoms with Crippen molar-refractivity contribution < 1.29 is 32.6 Å². The Morgan fingerprint density at radius 1 is 1.22 bits per heavy atom. The number of carbonyl (C=O) groups is 2. The number of halogens is 1. The lowest BCUT2D eigenvalue weighted by molar-refractivity contribution is 0.00502. The van der Waals surface area contributed by atoms with Crippen molar-refractivity contribution in [3.8, 4) is 11.3 Å². The number of hydrogen-bond acceptors (Lipinski definition) is 7. The molecule has 0 bridgehead atoms. The van der Waals surface area contributed by atoms with Gasteiger partial charge in [-0.15, -0.1) is 0 Å². The van der Waals surface area contributed by atoms with Gasteiger partial charge in [-0.1, -0.05) is 0 Å². The summed E-state index contributed by atoms with van der Waals surface area (Å²) in [6.45, 7) is 3.75. The smallest absolute Gasteiger partial charge is 0.407 e. The first-order valence-electron chi connectivity index (χ1n) is 12.3. The first-order chi connectivity index (χ1) is 17.8. The average molecular weight is 512 g/mol. The van der Waals surface area contributed by atoms with Crippen LogP contribution in [0, 0.1) is 5.82 Å². The summed E-state index contributed by atoms with van der Waals surface area (Å²) in [4.78, 5) is 27.2. The van der Waals surface area contributed by atoms with Gasteiger partial charge in [-0.2, -0.15) is 0 Å². The molecular formula is C27H30FN3O6. The van der Waals surface area contributed by atoms with E-state index in [1.54, 1.807) is 19.2 Å². The average Bonchev–Trinajstić information content (AvgIpc) is 3.51. The molecule has 37 heavy (non-hydrogen) atoms. The van der Waals surface area contributed by atoms with Gasteiger partial charge in [0, 0.05) is 61.9 Å². The zero-order chi connectivity index (χ0) is 26.1. The van der Waals surface area contributed by atoms with Gasteiger partial charge in [-0.25, -0.2) is 9.18 Å². The number of rotatable bonds is 5. The molecule has 0 aliphatic carbocycles. The van der Waals surface area contributed by atoms with Gasteiger partial charge in [0.25, 0.3) is 5.91 Å². The minimum Gasteiger partial charge on any atom is -0.455 e. The van der Waals surface area contributed by atoms with E-state index >= 15 is 0 Å². The molecule has 2 aliphatic heterocycles. The lowest BCUT2D eigenvalue weighted by Gasteiger charge is -2.23. The highest BCUT2D eigenvalue weighted by Crippen LogP contribution is 2.41. The maximum Gasteiger partial charge on any atom is 0.407 e. The van der Waals surface area contributed by atoms with E-state index in [2.05, 4.69) is 10.6 Å². The third-order valence-electron chi connectivity index (χ3n) is 6.76. The monoisotopic (exact) mass is 511 g/mol. The number of furan rings is 1. The van der Waals surface area contributed by atoms with Crippen LogP contribution in [0.5, 0.6) is 0 Å². The molecule has 3 aromatic rings. The summed E-state index contributed by atoms with van der Waals surface area (Å²) in [5.74, 6) is -0.300. The fourth-order valence-electron chi connectivity index (χ4n) is 4.88. The molecule has 3 atom stereocenters. The second-order valence-electron chi connectivity index (χ2n) is 9.35. The summed E-state index contributed by atoms with van der Waals surface area (Å²) in [6, 6.07) is 9.65. The van der Waals surface area contributed by atoms with Crippen LogP contribution < -0.4 is 15.5 Å². The molecule has 0 unspecified atom stereocenters. The van der Waals surface area contributed by atoms with Crippen molar-refractivity contribution in [2.24, 2.45) is 0 Å². The molecule has 2 amide bonds. The van der Waals surface area contributed by atoms with Crippen molar-refractivity contribution >= 4 is 28.7 Å². The second kappa shape index (κ2) is 10.4. The van der Waals surface area contributed by atoms with E-state index in [-0.39, 0.29) is 36.6 Å². The Morgan fingerprint density at radius 2 is 2.00 bits per heavy atom. The topological polar surface area (TPSA) is 102 Å². The number of anilines is 1. The number of ether oxygens (including phenoxy) is 3. The van der Waals surface area contributed by atoms with E-state index in [0.29, 0.717) is 54.0 Å². The van der Waals surface area contributed by atoms with Crippen molar-refractivity contribution in [3.63, 3.8) is 0 Å². The van der Waals surface area contributed by atoms with Gasteiger partial charge in [-0.3, -0.25) is 4.79 Å². The molecule has 2 N–H and O–H groups in total. The molecule has 9 nitrogen and oxygen atoms in total. The van der Waals surface area contributed by atoms with Gasteiger partial charge in [0.2, 0.25) is 0 Å². The molecular weight excluding hydrogens is 481 g/mol. The van der Waals surface area contributed by atoms with Crippen LogP contribution in [0.25, 0.3) is 22.3 Å². The van der Waals surface area contributed by atoms with Crippen molar-refractivity contribution in [1.29, 1.82) is 0 Å². The molecule has 1 saturated heterocycles. The van der Waals surface area contributed by atoms with Crippen LogP contribution in [0.2, 0.25) is 0 Å². The van der Waals surface area contributed by atoms with Gasteiger partial charge in [0.15, 0.2) is 0 Å². The Kier molecular flexibility index (Phi) is 7.03. The van der Waals surface area contributed by atoms with Crippen LogP contribution in [-0.4, -0.2) is 64.6 Å². The zero-order valence-electron chi connectivity index (χ0n) is 21.0. The minimum absolute atomic E-state index is 0.217. The number of nitrogens with zero attached hydrogens (tertiary/aromatic N) is 1. The Bertz CT molecular complexity index is 1300. The minimum atomic E-state index is -0.489.